The van der Waals surface area contributed by atoms with Crippen LogP contribution in [0, 0.1) is 12.8 Å². The zero-order chi connectivity index (χ0) is 21.8. The zero-order valence-electron chi connectivity index (χ0n) is 18.9. The van der Waals surface area contributed by atoms with Crippen LogP contribution in [0.4, 0.5) is 0 Å². The van der Waals surface area contributed by atoms with Gasteiger partial charge in [0.05, 0.1) is 24.9 Å². The number of piperidine rings is 1. The Hall–Kier alpha value is -2.66. The first-order valence-electron chi connectivity index (χ1n) is 11.4. The van der Waals surface area contributed by atoms with Gasteiger partial charge in [-0.25, -0.2) is 5.01 Å². The van der Waals surface area contributed by atoms with Crippen LogP contribution < -0.4 is 4.74 Å². The fourth-order valence-electron chi connectivity index (χ4n) is 4.44. The first-order chi connectivity index (χ1) is 15.0. The van der Waals surface area contributed by atoms with Gasteiger partial charge in [-0.05, 0) is 69.0 Å². The summed E-state index contributed by atoms with van der Waals surface area (Å²) >= 11 is 0. The number of carbonyl (C=O) groups excluding carboxylic acids is 1. The number of aryl methyl sites for hydroxylation is 1. The second-order valence-corrected chi connectivity index (χ2v) is 8.84. The molecule has 1 unspecified atom stereocenters. The number of amides is 1. The third-order valence-corrected chi connectivity index (χ3v) is 6.33. The average molecular weight is 420 g/mol. The van der Waals surface area contributed by atoms with E-state index in [4.69, 9.17) is 9.84 Å². The molecule has 2 aromatic carbocycles. The molecule has 1 saturated heterocycles. The summed E-state index contributed by atoms with van der Waals surface area (Å²) in [6.07, 6.45) is 3.04. The molecule has 1 fully saturated rings. The van der Waals surface area contributed by atoms with Gasteiger partial charge in [0.1, 0.15) is 5.75 Å². The molecule has 1 atom stereocenters. The Morgan fingerprint density at radius 3 is 2.55 bits per heavy atom. The molecule has 2 aliphatic rings. The Labute approximate surface area is 185 Å². The number of ether oxygens (including phenoxy) is 1. The normalized spacial score (nSPS) is 20.0. The lowest BCUT2D eigenvalue weighted by Gasteiger charge is -2.31. The molecule has 0 saturated carbocycles. The monoisotopic (exact) mass is 419 g/mol. The van der Waals surface area contributed by atoms with E-state index in [9.17, 15) is 4.79 Å². The maximum absolute atomic E-state index is 13.3. The van der Waals surface area contributed by atoms with Crippen LogP contribution in [-0.2, 0) is 4.79 Å². The Balaban J connectivity index is 1.57. The summed E-state index contributed by atoms with van der Waals surface area (Å²) in [7, 11) is 0. The van der Waals surface area contributed by atoms with Crippen LogP contribution in [0.15, 0.2) is 53.6 Å². The number of hydrogen-bond donors (Lipinski definition) is 0. The first-order valence-corrected chi connectivity index (χ1v) is 11.4. The minimum Gasteiger partial charge on any atom is -0.494 e. The summed E-state index contributed by atoms with van der Waals surface area (Å²) in [4.78, 5) is 15.6. The molecule has 5 nitrogen and oxygen atoms in total. The fraction of sp³-hybridized carbons (Fsp3) is 0.462. The second kappa shape index (κ2) is 9.65. The molecule has 0 aromatic heterocycles. The molecule has 0 spiro atoms. The molecule has 2 aromatic rings. The molecular weight excluding hydrogens is 386 g/mol. The molecule has 31 heavy (non-hydrogen) atoms. The predicted octanol–water partition coefficient (Wildman–Crippen LogP) is 4.80. The van der Waals surface area contributed by atoms with Gasteiger partial charge in [-0.3, -0.25) is 9.69 Å². The van der Waals surface area contributed by atoms with E-state index in [1.807, 2.05) is 19.1 Å². The van der Waals surface area contributed by atoms with E-state index in [0.717, 1.165) is 60.9 Å². The van der Waals surface area contributed by atoms with Crippen LogP contribution in [0.2, 0.25) is 0 Å². The summed E-state index contributed by atoms with van der Waals surface area (Å²) in [5.41, 5.74) is 4.36. The van der Waals surface area contributed by atoms with Crippen molar-refractivity contribution in [1.29, 1.82) is 0 Å². The van der Waals surface area contributed by atoms with Gasteiger partial charge in [0.2, 0.25) is 0 Å². The van der Waals surface area contributed by atoms with Gasteiger partial charge in [-0.15, -0.1) is 0 Å². The molecule has 1 amide bonds. The van der Waals surface area contributed by atoms with Gasteiger partial charge in [0.15, 0.2) is 0 Å². The molecule has 0 N–H and O–H groups in total. The van der Waals surface area contributed by atoms with Crippen molar-refractivity contribution < 1.29 is 9.53 Å². The van der Waals surface area contributed by atoms with E-state index < -0.39 is 0 Å². The fourth-order valence-corrected chi connectivity index (χ4v) is 4.44. The largest absolute Gasteiger partial charge is 0.494 e. The number of carbonyl (C=O) groups is 1. The van der Waals surface area contributed by atoms with Crippen LogP contribution in [-0.4, -0.2) is 47.8 Å². The lowest BCUT2D eigenvalue weighted by Crippen LogP contribution is -2.41. The second-order valence-electron chi connectivity index (χ2n) is 8.84. The average Bonchev–Trinajstić information content (AvgIpc) is 3.22. The minimum absolute atomic E-state index is 0.0797. The summed E-state index contributed by atoms with van der Waals surface area (Å²) < 4.78 is 5.59. The van der Waals surface area contributed by atoms with E-state index in [-0.39, 0.29) is 11.9 Å². The Morgan fingerprint density at radius 1 is 1.13 bits per heavy atom. The number of nitrogens with zero attached hydrogens (tertiary/aromatic N) is 3. The van der Waals surface area contributed by atoms with Gasteiger partial charge in [-0.1, -0.05) is 48.9 Å². The summed E-state index contributed by atoms with van der Waals surface area (Å²) in [5, 5.41) is 6.57. The predicted molar refractivity (Wildman–Crippen MR) is 124 cm³/mol. The number of benzene rings is 2. The highest BCUT2D eigenvalue weighted by atomic mass is 16.5. The standard InChI is InChI=1S/C26H33N3O2/c1-4-31-23-10-8-21(9-11-23)25-17-24(22-7-5-6-20(3)16-22)27-29(25)26(30)18-28-14-12-19(2)13-15-28/h5-11,16,19,25H,4,12-15,17-18H2,1-3H3. The van der Waals surface area contributed by atoms with Crippen molar-refractivity contribution in [2.75, 3.05) is 26.2 Å². The van der Waals surface area contributed by atoms with Crippen LogP contribution in [0.3, 0.4) is 0 Å². The highest BCUT2D eigenvalue weighted by molar-refractivity contribution is 6.03. The number of hydrazone groups is 1. The van der Waals surface area contributed by atoms with E-state index >= 15 is 0 Å². The minimum atomic E-state index is -0.0811. The molecular formula is C26H33N3O2. The SMILES string of the molecule is CCOc1ccc(C2CC(c3cccc(C)c3)=NN2C(=O)CN2CCC(C)CC2)cc1. The number of hydrogen-bond acceptors (Lipinski definition) is 4. The molecule has 5 heteroatoms. The molecule has 4 rings (SSSR count). The molecule has 2 aliphatic heterocycles. The van der Waals surface area contributed by atoms with Crippen molar-refractivity contribution in [3.8, 4) is 5.75 Å². The van der Waals surface area contributed by atoms with E-state index in [0.29, 0.717) is 13.2 Å². The topological polar surface area (TPSA) is 45.1 Å². The molecule has 0 aliphatic carbocycles. The maximum atomic E-state index is 13.3. The van der Waals surface area contributed by atoms with Gasteiger partial charge in [0.25, 0.3) is 5.91 Å². The zero-order valence-corrected chi connectivity index (χ0v) is 18.9. The highest BCUT2D eigenvalue weighted by Crippen LogP contribution is 2.34. The van der Waals surface area contributed by atoms with Crippen molar-refractivity contribution in [3.05, 3.63) is 65.2 Å². The lowest BCUT2D eigenvalue weighted by atomic mass is 9.97. The Kier molecular flexibility index (Phi) is 6.71. The third-order valence-electron chi connectivity index (χ3n) is 6.33. The Morgan fingerprint density at radius 2 is 1.87 bits per heavy atom. The quantitative estimate of drug-likeness (QED) is 0.675. The third kappa shape index (κ3) is 5.16. The maximum Gasteiger partial charge on any atom is 0.257 e. The summed E-state index contributed by atoms with van der Waals surface area (Å²) in [5.74, 6) is 1.68. The van der Waals surface area contributed by atoms with Crippen molar-refractivity contribution in [2.24, 2.45) is 11.0 Å². The highest BCUT2D eigenvalue weighted by Gasteiger charge is 2.34. The molecule has 0 radical (unpaired) electrons. The van der Waals surface area contributed by atoms with Gasteiger partial charge < -0.3 is 4.74 Å². The van der Waals surface area contributed by atoms with E-state index in [2.05, 4.69) is 55.1 Å². The van der Waals surface area contributed by atoms with Crippen LogP contribution in [0.25, 0.3) is 0 Å². The van der Waals surface area contributed by atoms with E-state index in [1.165, 1.54) is 5.56 Å². The summed E-state index contributed by atoms with van der Waals surface area (Å²) in [6.45, 7) is 9.41. The number of rotatable bonds is 6. The van der Waals surface area contributed by atoms with Crippen molar-refractivity contribution in [2.45, 2.75) is 46.1 Å². The van der Waals surface area contributed by atoms with Crippen molar-refractivity contribution in [1.82, 2.24) is 9.91 Å². The Bertz CT molecular complexity index is 930. The number of likely N-dealkylation sites (tertiary alicyclic amines) is 1. The van der Waals surface area contributed by atoms with Crippen LogP contribution in [0.5, 0.6) is 5.75 Å². The van der Waals surface area contributed by atoms with Gasteiger partial charge in [-0.2, -0.15) is 5.10 Å². The molecule has 2 heterocycles. The first kappa shape index (κ1) is 21.6. The van der Waals surface area contributed by atoms with Crippen molar-refractivity contribution in [3.63, 3.8) is 0 Å². The summed E-state index contributed by atoms with van der Waals surface area (Å²) in [6, 6.07) is 16.4. The van der Waals surface area contributed by atoms with Crippen LogP contribution >= 0.6 is 0 Å². The van der Waals surface area contributed by atoms with E-state index in [1.54, 1.807) is 5.01 Å². The molecule has 164 valence electrons. The van der Waals surface area contributed by atoms with Gasteiger partial charge >= 0.3 is 0 Å². The lowest BCUT2D eigenvalue weighted by molar-refractivity contribution is -0.134. The molecule has 0 bridgehead atoms. The van der Waals surface area contributed by atoms with Gasteiger partial charge in [0, 0.05) is 6.42 Å². The van der Waals surface area contributed by atoms with Crippen molar-refractivity contribution >= 4 is 11.6 Å². The smallest absolute Gasteiger partial charge is 0.257 e. The van der Waals surface area contributed by atoms with Crippen LogP contribution in [0.1, 0.15) is 55.8 Å².